The predicted octanol–water partition coefficient (Wildman–Crippen LogP) is 4.47. The van der Waals surface area contributed by atoms with Crippen molar-refractivity contribution in [3.63, 3.8) is 0 Å². The van der Waals surface area contributed by atoms with Crippen LogP contribution < -0.4 is 14.2 Å². The second-order valence-corrected chi connectivity index (χ2v) is 7.60. The van der Waals surface area contributed by atoms with E-state index in [0.717, 1.165) is 33.9 Å². The van der Waals surface area contributed by atoms with Gasteiger partial charge in [-0.25, -0.2) is 0 Å². The van der Waals surface area contributed by atoms with Crippen molar-refractivity contribution in [3.8, 4) is 28.4 Å². The summed E-state index contributed by atoms with van der Waals surface area (Å²) in [6.07, 6.45) is -0.442. The van der Waals surface area contributed by atoms with Crippen molar-refractivity contribution in [2.75, 3.05) is 20.4 Å². The van der Waals surface area contributed by atoms with E-state index >= 15 is 0 Å². The lowest BCUT2D eigenvalue weighted by atomic mass is 10.0. The molecule has 0 saturated heterocycles. The minimum Gasteiger partial charge on any atom is -0.496 e. The molecule has 0 amide bonds. The van der Waals surface area contributed by atoms with E-state index in [1.807, 2.05) is 49.4 Å². The van der Waals surface area contributed by atoms with E-state index in [2.05, 4.69) is 29.2 Å². The fourth-order valence-corrected chi connectivity index (χ4v) is 3.81. The van der Waals surface area contributed by atoms with Crippen molar-refractivity contribution in [2.45, 2.75) is 26.1 Å². The van der Waals surface area contributed by atoms with Crippen molar-refractivity contribution in [2.24, 2.45) is 0 Å². The zero-order valence-electron chi connectivity index (χ0n) is 17.4. The smallest absolute Gasteiger partial charge is 0.231 e. The van der Waals surface area contributed by atoms with E-state index in [1.54, 1.807) is 7.11 Å². The molecule has 3 aromatic rings. The molecule has 0 aliphatic carbocycles. The molecule has 1 aliphatic rings. The molecule has 1 atom stereocenters. The average Bonchev–Trinajstić information content (AvgIpc) is 3.22. The Hall–Kier alpha value is -3.02. The number of fused-ring (bicyclic) bond motifs is 1. The molecule has 1 unspecified atom stereocenters. The number of methoxy groups -OCH3 is 1. The highest BCUT2D eigenvalue weighted by Gasteiger charge is 2.17. The molecule has 4 rings (SSSR count). The van der Waals surface area contributed by atoms with Gasteiger partial charge < -0.3 is 19.3 Å². The van der Waals surface area contributed by atoms with Crippen LogP contribution in [0.25, 0.3) is 11.1 Å². The summed E-state index contributed by atoms with van der Waals surface area (Å²) in [6.45, 7) is 3.96. The molecule has 156 valence electrons. The topological polar surface area (TPSA) is 51.2 Å². The molecule has 0 saturated carbocycles. The third-order valence-electron chi connectivity index (χ3n) is 5.15. The number of benzene rings is 3. The number of nitrogens with zero attached hydrogens (tertiary/aromatic N) is 1. The molecule has 0 aromatic heterocycles. The summed E-state index contributed by atoms with van der Waals surface area (Å²) >= 11 is 0. The molecule has 0 radical (unpaired) electrons. The molecule has 1 heterocycles. The maximum absolute atomic E-state index is 10.1. The zero-order valence-corrected chi connectivity index (χ0v) is 17.4. The molecule has 30 heavy (non-hydrogen) atoms. The zero-order chi connectivity index (χ0) is 20.9. The molecule has 1 N–H and O–H groups in total. The van der Waals surface area contributed by atoms with Crippen LogP contribution >= 0.6 is 0 Å². The van der Waals surface area contributed by atoms with Crippen LogP contribution in [0.4, 0.5) is 0 Å². The van der Waals surface area contributed by atoms with E-state index in [1.165, 1.54) is 5.56 Å². The first-order valence-corrected chi connectivity index (χ1v) is 10.1. The standard InChI is InChI=1S/C25H27NO4/c1-18(27)14-26(15-19-8-10-24-25(12-19)30-17-29-24)16-22-13-21(9-11-23(22)28-2)20-6-4-3-5-7-20/h3-13,18,27H,14-17H2,1-2H3. The molecule has 5 heteroatoms. The highest BCUT2D eigenvalue weighted by atomic mass is 16.7. The highest BCUT2D eigenvalue weighted by Crippen LogP contribution is 2.33. The lowest BCUT2D eigenvalue weighted by Gasteiger charge is -2.25. The minimum atomic E-state index is -0.442. The molecule has 1 aliphatic heterocycles. The first-order valence-electron chi connectivity index (χ1n) is 10.1. The molecule has 0 fully saturated rings. The number of rotatable bonds is 8. The fourth-order valence-electron chi connectivity index (χ4n) is 3.81. The van der Waals surface area contributed by atoms with Crippen LogP contribution in [-0.2, 0) is 13.1 Å². The molecule has 5 nitrogen and oxygen atoms in total. The minimum absolute atomic E-state index is 0.264. The lowest BCUT2D eigenvalue weighted by Crippen LogP contribution is -2.30. The normalized spacial score (nSPS) is 13.5. The van der Waals surface area contributed by atoms with Crippen LogP contribution in [0.1, 0.15) is 18.1 Å². The van der Waals surface area contributed by atoms with Crippen LogP contribution in [0, 0.1) is 0 Å². The summed E-state index contributed by atoms with van der Waals surface area (Å²) < 4.78 is 16.6. The number of hydrogen-bond acceptors (Lipinski definition) is 5. The Kier molecular flexibility index (Phi) is 6.21. The van der Waals surface area contributed by atoms with Crippen molar-refractivity contribution in [1.82, 2.24) is 4.90 Å². The van der Waals surface area contributed by atoms with Crippen LogP contribution in [0.2, 0.25) is 0 Å². The van der Waals surface area contributed by atoms with Gasteiger partial charge in [0.15, 0.2) is 11.5 Å². The van der Waals surface area contributed by atoms with Crippen molar-refractivity contribution in [1.29, 1.82) is 0 Å². The second kappa shape index (κ2) is 9.20. The Morgan fingerprint density at radius 2 is 1.73 bits per heavy atom. The Morgan fingerprint density at radius 1 is 0.933 bits per heavy atom. The molecule has 0 bridgehead atoms. The third kappa shape index (κ3) is 4.75. The van der Waals surface area contributed by atoms with E-state index in [4.69, 9.17) is 14.2 Å². The van der Waals surface area contributed by atoms with Gasteiger partial charge in [-0.3, -0.25) is 4.90 Å². The Labute approximate surface area is 177 Å². The Morgan fingerprint density at radius 3 is 2.50 bits per heavy atom. The molecular weight excluding hydrogens is 378 g/mol. The van der Waals surface area contributed by atoms with Crippen LogP contribution in [-0.4, -0.2) is 36.6 Å². The number of ether oxygens (including phenoxy) is 3. The second-order valence-electron chi connectivity index (χ2n) is 7.60. The van der Waals surface area contributed by atoms with Gasteiger partial charge in [-0.2, -0.15) is 0 Å². The maximum atomic E-state index is 10.1. The first kappa shape index (κ1) is 20.3. The van der Waals surface area contributed by atoms with Gasteiger partial charge in [0.25, 0.3) is 0 Å². The van der Waals surface area contributed by atoms with Crippen LogP contribution in [0.3, 0.4) is 0 Å². The van der Waals surface area contributed by atoms with Gasteiger partial charge in [-0.05, 0) is 47.9 Å². The largest absolute Gasteiger partial charge is 0.496 e. The molecule has 0 spiro atoms. The summed E-state index contributed by atoms with van der Waals surface area (Å²) in [5.74, 6) is 2.39. The van der Waals surface area contributed by atoms with E-state index < -0.39 is 6.10 Å². The number of aliphatic hydroxyl groups excluding tert-OH is 1. The quantitative estimate of drug-likeness (QED) is 0.599. The first-order chi connectivity index (χ1) is 14.6. The average molecular weight is 405 g/mol. The molecule has 3 aromatic carbocycles. The van der Waals surface area contributed by atoms with Gasteiger partial charge in [-0.15, -0.1) is 0 Å². The fraction of sp³-hybridized carbons (Fsp3) is 0.280. The third-order valence-corrected chi connectivity index (χ3v) is 5.15. The molecular formula is C25H27NO4. The van der Waals surface area contributed by atoms with E-state index in [-0.39, 0.29) is 6.79 Å². The van der Waals surface area contributed by atoms with Crippen molar-refractivity contribution < 1.29 is 19.3 Å². The van der Waals surface area contributed by atoms with Gasteiger partial charge >= 0.3 is 0 Å². The van der Waals surface area contributed by atoms with Gasteiger partial charge in [-0.1, -0.05) is 42.5 Å². The van der Waals surface area contributed by atoms with Gasteiger partial charge in [0.1, 0.15) is 5.75 Å². The van der Waals surface area contributed by atoms with E-state index in [0.29, 0.717) is 19.6 Å². The van der Waals surface area contributed by atoms with Crippen LogP contribution in [0.15, 0.2) is 66.7 Å². The van der Waals surface area contributed by atoms with E-state index in [9.17, 15) is 5.11 Å². The number of aliphatic hydroxyl groups is 1. The SMILES string of the molecule is COc1ccc(-c2ccccc2)cc1CN(Cc1ccc2c(c1)OCO2)CC(C)O. The van der Waals surface area contributed by atoms with Crippen molar-refractivity contribution >= 4 is 0 Å². The monoisotopic (exact) mass is 405 g/mol. The van der Waals surface area contributed by atoms with Gasteiger partial charge in [0.05, 0.1) is 13.2 Å². The summed E-state index contributed by atoms with van der Waals surface area (Å²) in [6, 6.07) is 22.6. The van der Waals surface area contributed by atoms with Gasteiger partial charge in [0.2, 0.25) is 6.79 Å². The summed E-state index contributed by atoms with van der Waals surface area (Å²) in [5, 5.41) is 10.1. The Bertz CT molecular complexity index is 988. The predicted molar refractivity (Wildman–Crippen MR) is 117 cm³/mol. The summed E-state index contributed by atoms with van der Waals surface area (Å²) in [7, 11) is 1.69. The maximum Gasteiger partial charge on any atom is 0.231 e. The Balaban J connectivity index is 1.59. The van der Waals surface area contributed by atoms with Crippen LogP contribution in [0.5, 0.6) is 17.2 Å². The van der Waals surface area contributed by atoms with Gasteiger partial charge in [0, 0.05) is 25.2 Å². The number of hydrogen-bond donors (Lipinski definition) is 1. The lowest BCUT2D eigenvalue weighted by molar-refractivity contribution is 0.117. The highest BCUT2D eigenvalue weighted by molar-refractivity contribution is 5.65. The summed E-state index contributed by atoms with van der Waals surface area (Å²) in [4.78, 5) is 2.22. The van der Waals surface area contributed by atoms with Crippen molar-refractivity contribution in [3.05, 3.63) is 77.9 Å². The summed E-state index contributed by atoms with van der Waals surface area (Å²) in [5.41, 5.74) is 4.50.